The van der Waals surface area contributed by atoms with Crippen molar-refractivity contribution in [1.29, 1.82) is 0 Å². The summed E-state index contributed by atoms with van der Waals surface area (Å²) in [6, 6.07) is 21.0. The van der Waals surface area contributed by atoms with Crippen molar-refractivity contribution >= 4 is 17.7 Å². The van der Waals surface area contributed by atoms with Gasteiger partial charge < -0.3 is 19.6 Å². The number of aromatic nitrogens is 2. The molecule has 2 atom stereocenters. The smallest absolute Gasteiger partial charge is 0.348 e. The van der Waals surface area contributed by atoms with Crippen LogP contribution in [-0.2, 0) is 19.9 Å². The maximum Gasteiger partial charge on any atom is 0.348 e. The number of piperidine rings is 1. The van der Waals surface area contributed by atoms with Crippen molar-refractivity contribution < 1.29 is 23.9 Å². The van der Waals surface area contributed by atoms with E-state index < -0.39 is 17.7 Å². The molecule has 4 rings (SSSR count). The first-order valence-corrected chi connectivity index (χ1v) is 11.3. The van der Waals surface area contributed by atoms with Gasteiger partial charge in [0.1, 0.15) is 6.54 Å². The summed E-state index contributed by atoms with van der Waals surface area (Å²) in [5.41, 5.74) is -1.03. The second kappa shape index (κ2) is 10.1. The lowest BCUT2D eigenvalue weighted by Crippen LogP contribution is -2.57. The summed E-state index contributed by atoms with van der Waals surface area (Å²) in [6.45, 7) is 1.47. The molecule has 2 N–H and O–H groups in total. The zero-order valence-electron chi connectivity index (χ0n) is 19.1. The molecule has 1 amide bonds. The van der Waals surface area contributed by atoms with Crippen molar-refractivity contribution in [2.24, 2.45) is 0 Å². The van der Waals surface area contributed by atoms with Crippen molar-refractivity contribution in [2.45, 2.75) is 24.5 Å². The van der Waals surface area contributed by atoms with Gasteiger partial charge in [0.2, 0.25) is 5.60 Å². The molecule has 1 fully saturated rings. The molecule has 1 aliphatic heterocycles. The molecule has 2 aromatic carbocycles. The number of hydrogen-bond acceptors (Lipinski definition) is 6. The van der Waals surface area contributed by atoms with E-state index in [0.717, 1.165) is 13.0 Å². The average molecular weight is 462 g/mol. The maximum atomic E-state index is 13.4. The van der Waals surface area contributed by atoms with Crippen molar-refractivity contribution in [2.75, 3.05) is 32.0 Å². The Labute approximate surface area is 198 Å². The molecule has 0 radical (unpaired) electrons. The largest absolute Gasteiger partial charge is 0.454 e. The minimum absolute atomic E-state index is 0.181. The molecule has 176 valence electrons. The number of aliphatic hydroxyl groups is 1. The Hall–Kier alpha value is -3.62. The van der Waals surface area contributed by atoms with E-state index in [-0.39, 0.29) is 12.5 Å². The second-order valence-corrected chi connectivity index (χ2v) is 8.95. The Morgan fingerprint density at radius 2 is 1.71 bits per heavy atom. The lowest BCUT2D eigenvalue weighted by Gasteiger charge is -2.41. The molecular formula is C26H29N4O4+. The van der Waals surface area contributed by atoms with Crippen molar-refractivity contribution in [1.82, 2.24) is 10.2 Å². The predicted octanol–water partition coefficient (Wildman–Crippen LogP) is 2.50. The Balaban J connectivity index is 1.47. The van der Waals surface area contributed by atoms with Gasteiger partial charge in [0.15, 0.2) is 18.5 Å². The molecular weight excluding hydrogens is 432 g/mol. The number of rotatable bonds is 7. The van der Waals surface area contributed by atoms with Gasteiger partial charge in [0.05, 0.1) is 13.6 Å². The van der Waals surface area contributed by atoms with Crippen LogP contribution in [0.2, 0.25) is 0 Å². The van der Waals surface area contributed by atoms with Crippen molar-refractivity contribution in [3.05, 3.63) is 90.1 Å². The van der Waals surface area contributed by atoms with Crippen LogP contribution < -0.4 is 5.32 Å². The maximum absolute atomic E-state index is 13.4. The van der Waals surface area contributed by atoms with Gasteiger partial charge >= 0.3 is 5.97 Å². The summed E-state index contributed by atoms with van der Waals surface area (Å²) < 4.78 is 6.32. The first kappa shape index (κ1) is 23.5. The highest BCUT2D eigenvalue weighted by atomic mass is 16.6. The molecule has 0 aliphatic carbocycles. The van der Waals surface area contributed by atoms with Crippen LogP contribution in [0.3, 0.4) is 0 Å². The highest BCUT2D eigenvalue weighted by Crippen LogP contribution is 2.32. The lowest BCUT2D eigenvalue weighted by molar-refractivity contribution is -0.909. The predicted molar refractivity (Wildman–Crippen MR) is 126 cm³/mol. The third-order valence-electron chi connectivity index (χ3n) is 6.19. The number of quaternary nitrogens is 1. The van der Waals surface area contributed by atoms with E-state index in [9.17, 15) is 14.7 Å². The van der Waals surface area contributed by atoms with Gasteiger partial charge in [-0.1, -0.05) is 60.7 Å². The first-order chi connectivity index (χ1) is 16.4. The third kappa shape index (κ3) is 5.30. The van der Waals surface area contributed by atoms with Crippen LogP contribution in [0.15, 0.2) is 79.0 Å². The molecule has 0 spiro atoms. The normalized spacial score (nSPS) is 20.4. The molecule has 2 heterocycles. The van der Waals surface area contributed by atoms with Gasteiger partial charge in [-0.05, 0) is 29.7 Å². The Bertz CT molecular complexity index is 1070. The second-order valence-electron chi connectivity index (χ2n) is 8.95. The average Bonchev–Trinajstić information content (AvgIpc) is 2.85. The molecule has 1 unspecified atom stereocenters. The topological polar surface area (TPSA) is 101 Å². The van der Waals surface area contributed by atoms with Crippen molar-refractivity contribution in [3.63, 3.8) is 0 Å². The summed E-state index contributed by atoms with van der Waals surface area (Å²) >= 11 is 0. The minimum Gasteiger partial charge on any atom is -0.454 e. The Morgan fingerprint density at radius 1 is 1.06 bits per heavy atom. The monoisotopic (exact) mass is 461 g/mol. The Kier molecular flexibility index (Phi) is 7.00. The number of carbonyl (C=O) groups excluding carboxylic acids is 2. The van der Waals surface area contributed by atoms with E-state index in [1.807, 2.05) is 19.2 Å². The SMILES string of the molecule is C[N+]1(CC(=O)Nc2cccnn2)CCC[C@@H](OC(=O)C(O)(c2ccccc2)c2ccccc2)C1. The van der Waals surface area contributed by atoms with Gasteiger partial charge in [-0.3, -0.25) is 4.79 Å². The van der Waals surface area contributed by atoms with Gasteiger partial charge in [-0.2, -0.15) is 5.10 Å². The van der Waals surface area contributed by atoms with Crippen LogP contribution in [0.25, 0.3) is 0 Å². The highest BCUT2D eigenvalue weighted by molar-refractivity contribution is 5.90. The summed E-state index contributed by atoms with van der Waals surface area (Å²) in [4.78, 5) is 26.0. The molecule has 3 aromatic rings. The van der Waals surface area contributed by atoms with Crippen LogP contribution in [-0.4, -0.2) is 64.4 Å². The van der Waals surface area contributed by atoms with Gasteiger partial charge in [0, 0.05) is 12.6 Å². The standard InChI is InChI=1S/C26H28N4O4/c1-30(19-24(31)28-23-15-8-16-27-29-23)17-9-14-22(18-30)34-25(32)26(33,20-10-4-2-5-11-20)21-12-6-3-7-13-21/h2-8,10-13,15-16,22,33H,9,14,17-19H2,1H3/p+1/t22-,30?/m1/s1. The third-order valence-corrected chi connectivity index (χ3v) is 6.19. The lowest BCUT2D eigenvalue weighted by atomic mass is 9.86. The number of carbonyl (C=O) groups is 2. The van der Waals surface area contributed by atoms with E-state index in [1.165, 1.54) is 0 Å². The molecule has 0 saturated carbocycles. The van der Waals surface area contributed by atoms with E-state index >= 15 is 0 Å². The van der Waals surface area contributed by atoms with Crippen LogP contribution in [0, 0.1) is 0 Å². The number of nitrogens with zero attached hydrogens (tertiary/aromatic N) is 3. The highest BCUT2D eigenvalue weighted by Gasteiger charge is 2.44. The fourth-order valence-electron chi connectivity index (χ4n) is 4.51. The number of amides is 1. The van der Waals surface area contributed by atoms with E-state index in [0.29, 0.717) is 34.4 Å². The summed E-state index contributed by atoms with van der Waals surface area (Å²) in [7, 11) is 1.97. The molecule has 0 bridgehead atoms. The first-order valence-electron chi connectivity index (χ1n) is 11.3. The molecule has 8 heteroatoms. The zero-order valence-corrected chi connectivity index (χ0v) is 19.1. The number of anilines is 1. The molecule has 1 saturated heterocycles. The van der Waals surface area contributed by atoms with Crippen molar-refractivity contribution in [3.8, 4) is 0 Å². The van der Waals surface area contributed by atoms with Crippen LogP contribution in [0.4, 0.5) is 5.82 Å². The molecule has 1 aromatic heterocycles. The molecule has 1 aliphatic rings. The fraction of sp³-hybridized carbons (Fsp3) is 0.308. The van der Waals surface area contributed by atoms with E-state index in [2.05, 4.69) is 15.5 Å². The summed E-state index contributed by atoms with van der Waals surface area (Å²) in [5.74, 6) is -0.498. The number of likely N-dealkylation sites (N-methyl/N-ethyl adjacent to an activating group) is 1. The van der Waals surface area contributed by atoms with E-state index in [1.54, 1.807) is 66.9 Å². The van der Waals surface area contributed by atoms with E-state index in [4.69, 9.17) is 4.74 Å². The molecule has 8 nitrogen and oxygen atoms in total. The number of esters is 1. The molecule has 34 heavy (non-hydrogen) atoms. The summed E-state index contributed by atoms with van der Waals surface area (Å²) in [6.07, 6.45) is 2.58. The quantitative estimate of drug-likeness (QED) is 0.414. The number of hydrogen-bond donors (Lipinski definition) is 2. The zero-order chi connectivity index (χ0) is 24.0. The Morgan fingerprint density at radius 3 is 2.29 bits per heavy atom. The number of ether oxygens (including phenoxy) is 1. The number of nitrogens with one attached hydrogen (secondary N) is 1. The van der Waals surface area contributed by atoms with Gasteiger partial charge in [0.25, 0.3) is 5.91 Å². The fourth-order valence-corrected chi connectivity index (χ4v) is 4.51. The summed E-state index contributed by atoms with van der Waals surface area (Å²) in [5, 5.41) is 22.1. The minimum atomic E-state index is -1.92. The van der Waals surface area contributed by atoms with Gasteiger partial charge in [-0.25, -0.2) is 4.79 Å². The van der Waals surface area contributed by atoms with Crippen LogP contribution in [0.5, 0.6) is 0 Å². The van der Waals surface area contributed by atoms with Gasteiger partial charge in [-0.15, -0.1) is 5.10 Å². The van der Waals surface area contributed by atoms with Crippen LogP contribution in [0.1, 0.15) is 24.0 Å². The number of benzene rings is 2. The number of likely N-dealkylation sites (tertiary alicyclic amines) is 1. The van der Waals surface area contributed by atoms with Crippen LogP contribution >= 0.6 is 0 Å².